The normalized spacial score (nSPS) is 51.9. The second-order valence-corrected chi connectivity index (χ2v) is 31.0. The Balaban J connectivity index is 0.765. The fourth-order valence-electron chi connectivity index (χ4n) is 19.3. The van der Waals surface area contributed by atoms with Crippen molar-refractivity contribution in [1.29, 1.82) is 0 Å². The molecule has 98 heavy (non-hydrogen) atoms. The predicted octanol–water partition coefficient (Wildman–Crippen LogP) is -2.03. The van der Waals surface area contributed by atoms with E-state index in [-0.39, 0.29) is 58.9 Å². The molecule has 1 spiro atoms. The first-order valence-electron chi connectivity index (χ1n) is 36.4. The summed E-state index contributed by atoms with van der Waals surface area (Å²) in [6.45, 7) is 7.59. The monoisotopic (exact) mass is 1410 g/mol. The molecular weight excluding hydrogens is 1300 g/mol. The van der Waals surface area contributed by atoms with Crippen molar-refractivity contribution in [1.82, 2.24) is 0 Å². The van der Waals surface area contributed by atoms with Gasteiger partial charge in [-0.05, 0) is 91.8 Å². The number of hydrogen-bond donors (Lipinski definition) is 16. The van der Waals surface area contributed by atoms with Crippen LogP contribution in [0.4, 0.5) is 0 Å². The van der Waals surface area contributed by atoms with Gasteiger partial charge in [-0.25, -0.2) is 0 Å². The second kappa shape index (κ2) is 32.6. The largest absolute Gasteiger partial charge is 0.463 e. The fraction of sp³-hybridized carbons (Fsp3) is 0.985. The minimum absolute atomic E-state index is 0.0140. The zero-order valence-electron chi connectivity index (χ0n) is 57.0. The fourth-order valence-corrected chi connectivity index (χ4v) is 19.3. The van der Waals surface area contributed by atoms with Gasteiger partial charge in [0.1, 0.15) is 123 Å². The number of carbonyl (C=O) groups is 1. The van der Waals surface area contributed by atoms with E-state index in [1.54, 1.807) is 0 Å². The summed E-state index contributed by atoms with van der Waals surface area (Å²) in [4.78, 5) is 12.8. The lowest BCUT2D eigenvalue weighted by Gasteiger charge is -2.62. The topological polar surface area (TPSA) is 461 Å². The number of esters is 1. The first-order valence-corrected chi connectivity index (χ1v) is 36.4. The van der Waals surface area contributed by atoms with E-state index in [0.717, 1.165) is 77.0 Å². The Morgan fingerprint density at radius 1 is 0.490 bits per heavy atom. The molecule has 38 atom stereocenters. The standard InChI is InChI=1S/C68H114O30/c1-6-7-8-9-10-11-12-13-14-15-42(74)86-29-41-46(76)50(80)53(83)63(93-41)95-58-47(77)38(24-69)90-64(55(58)85)97-60-59(96-61-52(82)45(75)36(73)28-87-61)48(78)39(25-70)91-65(60)94-56-40(26-71)92-62(54(84)51(56)81)89-37-22-32-16-17-33-34(67(32,5)23-35(37)72)19-20-66(4)43-31(3)68(21-18-30(2)27-88-68)98-57(43)49(79)44(33)66/h30-41,43-65,69-73,75-85H,6-29H2,1-5H3/t30-,31+,32+,33-,34+,35-,36-,37-,38-,39-,40-,41-,43+,44-,45+,46-,47+,48-,49+,50+,51-,52-,53-,54-,55-,56+,57-,58+,59+,60-,61+,62-,63+,64+,65+,66-,67+,68+/m1/s1. The molecule has 30 nitrogen and oxygen atoms in total. The number of fused-ring (bicyclic) bond motifs is 7. The van der Waals surface area contributed by atoms with Crippen LogP contribution < -0.4 is 0 Å². The summed E-state index contributed by atoms with van der Waals surface area (Å²) in [5, 5.41) is 182. The summed E-state index contributed by atoms with van der Waals surface area (Å²) in [5.74, 6) is -0.282. The maximum absolute atomic E-state index is 12.8. The van der Waals surface area contributed by atoms with E-state index in [1.807, 2.05) is 0 Å². The van der Waals surface area contributed by atoms with Gasteiger partial charge < -0.3 is 143 Å². The highest BCUT2D eigenvalue weighted by atomic mass is 16.8. The number of carbonyl (C=O) groups excluding carboxylic acids is 1. The lowest BCUT2D eigenvalue weighted by Crippen LogP contribution is -2.69. The van der Waals surface area contributed by atoms with Crippen LogP contribution in [0.1, 0.15) is 150 Å². The summed E-state index contributed by atoms with van der Waals surface area (Å²) in [6.07, 6.45) is -34.0. The average Bonchev–Trinajstić information content (AvgIpc) is 1.50. The zero-order chi connectivity index (χ0) is 70.4. The Kier molecular flexibility index (Phi) is 25.8. The molecule has 16 N–H and O–H groups in total. The molecule has 11 fully saturated rings. The number of hydrogen-bond acceptors (Lipinski definition) is 30. The molecule has 7 aliphatic heterocycles. The van der Waals surface area contributed by atoms with Gasteiger partial charge in [-0.1, -0.05) is 86.0 Å². The smallest absolute Gasteiger partial charge is 0.305 e. The Bertz CT molecular complexity index is 2520. The third kappa shape index (κ3) is 15.2. The summed E-state index contributed by atoms with van der Waals surface area (Å²) in [5.41, 5.74) is -0.548. The van der Waals surface area contributed by atoms with Crippen molar-refractivity contribution in [2.24, 2.45) is 52.3 Å². The quantitative estimate of drug-likeness (QED) is 0.0266. The third-order valence-electron chi connectivity index (χ3n) is 24.9. The number of rotatable bonds is 25. The van der Waals surface area contributed by atoms with E-state index >= 15 is 0 Å². The number of aliphatic hydroxyl groups is 16. The molecule has 0 aromatic carbocycles. The SMILES string of the molecule is CCCCCCCCCCCC(=O)OC[C@H]1O[C@@H](O[C@H]2[C@@H](O)[C@@H](CO)O[C@@H](O[C@H]3[C@H](O[C@@H]4[C@H](O)[C@@H](O)[C@H](O[C@@H]5C[C@@H]6CC[C@H]7[C@@H]8[C@H](O)[C@@H]9O[C@@]%10(CC[C@@H](C)CO%10)[C@@H](C)[C@@H]9[C@@]8(C)CC[C@@H]7[C@@]6(C)C[C@H]5O)O[C@@H]4CO)O[C@H](CO)[C@@H](O)[C@@H]3O[C@@H]3OC[C@@H](O)[C@H](O)[C@H]3O)[C@@H]2O)[C@H](O)[C@@H](O)[C@@H]1O. The van der Waals surface area contributed by atoms with Gasteiger partial charge >= 0.3 is 5.97 Å². The van der Waals surface area contributed by atoms with Gasteiger partial charge in [0.05, 0.1) is 57.5 Å². The molecule has 7 saturated heterocycles. The minimum Gasteiger partial charge on any atom is -0.463 e. The van der Waals surface area contributed by atoms with Gasteiger partial charge in [-0.15, -0.1) is 0 Å². The molecule has 0 radical (unpaired) electrons. The summed E-state index contributed by atoms with van der Waals surface area (Å²) in [6, 6.07) is 0. The van der Waals surface area contributed by atoms with E-state index in [0.29, 0.717) is 31.8 Å². The highest BCUT2D eigenvalue weighted by Gasteiger charge is 2.73. The van der Waals surface area contributed by atoms with Gasteiger partial charge in [-0.3, -0.25) is 4.79 Å². The van der Waals surface area contributed by atoms with Crippen molar-refractivity contribution in [3.8, 4) is 0 Å². The molecule has 11 rings (SSSR count). The Morgan fingerprint density at radius 2 is 1.07 bits per heavy atom. The maximum atomic E-state index is 12.8. The van der Waals surface area contributed by atoms with Gasteiger partial charge in [0.15, 0.2) is 37.2 Å². The van der Waals surface area contributed by atoms with Gasteiger partial charge in [0, 0.05) is 24.7 Å². The van der Waals surface area contributed by atoms with Gasteiger partial charge in [0.2, 0.25) is 0 Å². The molecule has 0 unspecified atom stereocenters. The van der Waals surface area contributed by atoms with Crippen LogP contribution in [0.5, 0.6) is 0 Å². The molecule has 0 aromatic heterocycles. The van der Waals surface area contributed by atoms with Crippen LogP contribution in [-0.2, 0) is 66.4 Å². The first-order chi connectivity index (χ1) is 46.7. The molecule has 4 aliphatic carbocycles. The van der Waals surface area contributed by atoms with E-state index in [1.165, 1.54) is 12.8 Å². The van der Waals surface area contributed by atoms with Crippen molar-refractivity contribution >= 4 is 5.97 Å². The van der Waals surface area contributed by atoms with Crippen LogP contribution >= 0.6 is 0 Å². The van der Waals surface area contributed by atoms with E-state index in [4.69, 9.17) is 61.6 Å². The van der Waals surface area contributed by atoms with Crippen LogP contribution in [0.15, 0.2) is 0 Å². The summed E-state index contributed by atoms with van der Waals surface area (Å²) < 4.78 is 79.3. The molecule has 11 aliphatic rings. The number of ether oxygens (including phenoxy) is 13. The zero-order valence-corrected chi connectivity index (χ0v) is 57.0. The molecule has 0 bridgehead atoms. The Labute approximate surface area is 571 Å². The number of unbranched alkanes of at least 4 members (excludes halogenated alkanes) is 8. The lowest BCUT2D eigenvalue weighted by molar-refractivity contribution is -0.410. The molecule has 7 heterocycles. The van der Waals surface area contributed by atoms with Gasteiger partial charge in [-0.2, -0.15) is 0 Å². The molecule has 0 amide bonds. The summed E-state index contributed by atoms with van der Waals surface area (Å²) in [7, 11) is 0. The molecule has 4 saturated carbocycles. The lowest BCUT2D eigenvalue weighted by atomic mass is 9.44. The molecular formula is C68H114O30. The van der Waals surface area contributed by atoms with Crippen molar-refractivity contribution in [3.05, 3.63) is 0 Å². The van der Waals surface area contributed by atoms with Crippen molar-refractivity contribution in [2.75, 3.05) is 39.6 Å². The van der Waals surface area contributed by atoms with Crippen LogP contribution in [-0.4, -0.2) is 305 Å². The molecule has 0 aromatic rings. The highest BCUT2D eigenvalue weighted by Crippen LogP contribution is 2.71. The second-order valence-electron chi connectivity index (χ2n) is 31.0. The van der Waals surface area contributed by atoms with Crippen molar-refractivity contribution in [3.63, 3.8) is 0 Å². The van der Waals surface area contributed by atoms with Crippen LogP contribution in [0.3, 0.4) is 0 Å². The van der Waals surface area contributed by atoms with Crippen LogP contribution in [0, 0.1) is 52.3 Å². The van der Waals surface area contributed by atoms with Crippen molar-refractivity contribution < 1.29 is 148 Å². The van der Waals surface area contributed by atoms with E-state index < -0.39 is 211 Å². The first kappa shape index (κ1) is 77.4. The Morgan fingerprint density at radius 3 is 1.74 bits per heavy atom. The van der Waals surface area contributed by atoms with Crippen LogP contribution in [0.2, 0.25) is 0 Å². The molecule has 566 valence electrons. The van der Waals surface area contributed by atoms with Crippen LogP contribution in [0.25, 0.3) is 0 Å². The maximum Gasteiger partial charge on any atom is 0.305 e. The number of aliphatic hydroxyl groups excluding tert-OH is 16. The average molecular weight is 1410 g/mol. The third-order valence-corrected chi connectivity index (χ3v) is 24.9. The van der Waals surface area contributed by atoms with E-state index in [9.17, 15) is 86.5 Å². The minimum atomic E-state index is -2.24. The molecule has 30 heteroatoms. The Hall–Kier alpha value is -1.65. The summed E-state index contributed by atoms with van der Waals surface area (Å²) >= 11 is 0. The van der Waals surface area contributed by atoms with Gasteiger partial charge in [0.25, 0.3) is 0 Å². The van der Waals surface area contributed by atoms with Crippen molar-refractivity contribution in [2.45, 2.75) is 328 Å². The highest BCUT2D eigenvalue weighted by molar-refractivity contribution is 5.69. The van der Waals surface area contributed by atoms with E-state index in [2.05, 4.69) is 34.6 Å². The predicted molar refractivity (Wildman–Crippen MR) is 333 cm³/mol.